The molecule has 0 aromatic heterocycles. The lowest BCUT2D eigenvalue weighted by molar-refractivity contribution is 0.298. The number of benzene rings is 1. The molecule has 0 aliphatic carbocycles. The fourth-order valence-electron chi connectivity index (χ4n) is 1.56. The Morgan fingerprint density at radius 3 is 2.72 bits per heavy atom. The van der Waals surface area contributed by atoms with E-state index in [4.69, 9.17) is 10.5 Å². The summed E-state index contributed by atoms with van der Waals surface area (Å²) in [5, 5.41) is 0. The van der Waals surface area contributed by atoms with Crippen molar-refractivity contribution in [3.05, 3.63) is 29.6 Å². The van der Waals surface area contributed by atoms with Crippen molar-refractivity contribution in [1.29, 1.82) is 0 Å². The Labute approximate surface area is 107 Å². The molecule has 1 aromatic rings. The first-order valence-electron chi connectivity index (χ1n) is 5.72. The zero-order valence-corrected chi connectivity index (χ0v) is 11.2. The smallest absolute Gasteiger partial charge is 0.165 e. The van der Waals surface area contributed by atoms with Gasteiger partial charge >= 0.3 is 0 Å². The van der Waals surface area contributed by atoms with E-state index in [2.05, 4.69) is 0 Å². The van der Waals surface area contributed by atoms with Gasteiger partial charge in [0.2, 0.25) is 0 Å². The van der Waals surface area contributed by atoms with Crippen LogP contribution < -0.4 is 10.5 Å². The number of nitrogens with two attached hydrogens (primary N) is 1. The first-order chi connectivity index (χ1) is 8.44. The second-order valence-electron chi connectivity index (χ2n) is 4.10. The molecule has 1 rings (SSSR count). The summed E-state index contributed by atoms with van der Waals surface area (Å²) in [6, 6.07) is 4.66. The molecule has 0 saturated heterocycles. The number of rotatable bonds is 7. The molecule has 0 bridgehead atoms. The van der Waals surface area contributed by atoms with Crippen molar-refractivity contribution < 1.29 is 17.5 Å². The van der Waals surface area contributed by atoms with Crippen molar-refractivity contribution >= 4 is 9.84 Å². The monoisotopic (exact) mass is 275 g/mol. The van der Waals surface area contributed by atoms with Crippen LogP contribution in [0.25, 0.3) is 0 Å². The van der Waals surface area contributed by atoms with E-state index in [1.807, 2.05) is 0 Å². The van der Waals surface area contributed by atoms with E-state index >= 15 is 0 Å². The molecule has 102 valence electrons. The second-order valence-corrected chi connectivity index (χ2v) is 6.36. The topological polar surface area (TPSA) is 69.4 Å². The maximum absolute atomic E-state index is 13.6. The number of hydrogen-bond donors (Lipinski definition) is 1. The van der Waals surface area contributed by atoms with E-state index in [1.165, 1.54) is 6.07 Å². The highest BCUT2D eigenvalue weighted by Crippen LogP contribution is 2.23. The fraction of sp³-hybridized carbons (Fsp3) is 0.500. The Morgan fingerprint density at radius 1 is 1.39 bits per heavy atom. The largest absolute Gasteiger partial charge is 0.490 e. The van der Waals surface area contributed by atoms with Gasteiger partial charge in [-0.2, -0.15) is 0 Å². The van der Waals surface area contributed by atoms with Crippen LogP contribution in [0.15, 0.2) is 18.2 Å². The van der Waals surface area contributed by atoms with Gasteiger partial charge in [-0.15, -0.1) is 0 Å². The number of para-hydroxylation sites is 1. The maximum atomic E-state index is 13.6. The molecular weight excluding hydrogens is 257 g/mol. The highest BCUT2D eigenvalue weighted by atomic mass is 32.2. The number of ether oxygens (including phenoxy) is 1. The Morgan fingerprint density at radius 2 is 2.11 bits per heavy atom. The predicted molar refractivity (Wildman–Crippen MR) is 69.0 cm³/mol. The van der Waals surface area contributed by atoms with Crippen molar-refractivity contribution in [1.82, 2.24) is 0 Å². The van der Waals surface area contributed by atoms with Gasteiger partial charge in [0.15, 0.2) is 11.6 Å². The quantitative estimate of drug-likeness (QED) is 0.758. The maximum Gasteiger partial charge on any atom is 0.165 e. The van der Waals surface area contributed by atoms with Gasteiger partial charge in [0, 0.05) is 6.26 Å². The van der Waals surface area contributed by atoms with Gasteiger partial charge in [0.05, 0.1) is 12.4 Å². The molecule has 18 heavy (non-hydrogen) atoms. The minimum Gasteiger partial charge on any atom is -0.490 e. The lowest BCUT2D eigenvalue weighted by Crippen LogP contribution is -2.10. The van der Waals surface area contributed by atoms with Crippen LogP contribution in [-0.2, 0) is 16.3 Å². The number of halogens is 1. The molecule has 0 aliphatic rings. The molecule has 0 unspecified atom stereocenters. The summed E-state index contributed by atoms with van der Waals surface area (Å²) in [7, 11) is -3.00. The van der Waals surface area contributed by atoms with Gasteiger partial charge in [-0.1, -0.05) is 12.1 Å². The predicted octanol–water partition coefficient (Wildman–Crippen LogP) is 1.14. The van der Waals surface area contributed by atoms with Gasteiger partial charge in [-0.3, -0.25) is 0 Å². The van der Waals surface area contributed by atoms with E-state index in [0.29, 0.717) is 24.9 Å². The summed E-state index contributed by atoms with van der Waals surface area (Å²) in [6.45, 7) is 0.578. The van der Waals surface area contributed by atoms with Gasteiger partial charge in [-0.05, 0) is 31.0 Å². The fourth-order valence-corrected chi connectivity index (χ4v) is 2.21. The number of sulfone groups is 1. The molecule has 2 N–H and O–H groups in total. The lowest BCUT2D eigenvalue weighted by atomic mass is 10.1. The van der Waals surface area contributed by atoms with Gasteiger partial charge in [0.1, 0.15) is 9.84 Å². The van der Waals surface area contributed by atoms with Crippen molar-refractivity contribution in [3.63, 3.8) is 0 Å². The zero-order valence-electron chi connectivity index (χ0n) is 10.4. The van der Waals surface area contributed by atoms with Gasteiger partial charge in [-0.25, -0.2) is 12.8 Å². The van der Waals surface area contributed by atoms with Crippen molar-refractivity contribution in [2.24, 2.45) is 5.73 Å². The molecule has 0 fully saturated rings. The van der Waals surface area contributed by atoms with E-state index in [9.17, 15) is 12.8 Å². The summed E-state index contributed by atoms with van der Waals surface area (Å²) in [6.07, 6.45) is 2.03. The molecule has 0 heterocycles. The van der Waals surface area contributed by atoms with E-state index in [1.54, 1.807) is 12.1 Å². The van der Waals surface area contributed by atoms with Crippen LogP contribution in [0.5, 0.6) is 5.75 Å². The Bertz CT molecular complexity index is 488. The summed E-state index contributed by atoms with van der Waals surface area (Å²) in [5.41, 5.74) is 6.14. The average molecular weight is 275 g/mol. The Kier molecular flexibility index (Phi) is 5.55. The Balaban J connectivity index is 2.60. The van der Waals surface area contributed by atoms with Gasteiger partial charge < -0.3 is 10.5 Å². The molecule has 6 heteroatoms. The summed E-state index contributed by atoms with van der Waals surface area (Å²) in [4.78, 5) is 0. The molecular formula is C12H18FNO3S. The first kappa shape index (κ1) is 14.9. The summed E-state index contributed by atoms with van der Waals surface area (Å²) >= 11 is 0. The third-order valence-corrected chi connectivity index (χ3v) is 3.40. The molecule has 1 aromatic carbocycles. The number of hydrogen-bond acceptors (Lipinski definition) is 4. The average Bonchev–Trinajstić information content (AvgIpc) is 2.26. The van der Waals surface area contributed by atoms with Crippen LogP contribution >= 0.6 is 0 Å². The van der Waals surface area contributed by atoms with Gasteiger partial charge in [0.25, 0.3) is 0 Å². The molecule has 4 nitrogen and oxygen atoms in total. The molecule has 0 spiro atoms. The van der Waals surface area contributed by atoms with Crippen LogP contribution in [0, 0.1) is 5.82 Å². The molecule has 0 amide bonds. The lowest BCUT2D eigenvalue weighted by Gasteiger charge is -2.11. The minimum atomic E-state index is -3.00. The third-order valence-electron chi connectivity index (χ3n) is 2.37. The van der Waals surface area contributed by atoms with Crippen LogP contribution in [0.3, 0.4) is 0 Å². The summed E-state index contributed by atoms with van der Waals surface area (Å²) < 4.78 is 40.7. The highest BCUT2D eigenvalue weighted by Gasteiger charge is 2.09. The van der Waals surface area contributed by atoms with Crippen LogP contribution in [-0.4, -0.2) is 33.6 Å². The zero-order chi connectivity index (χ0) is 13.6. The first-order valence-corrected chi connectivity index (χ1v) is 7.78. The van der Waals surface area contributed by atoms with Crippen LogP contribution in [0.2, 0.25) is 0 Å². The van der Waals surface area contributed by atoms with E-state index in [0.717, 1.165) is 6.26 Å². The van der Waals surface area contributed by atoms with Crippen molar-refractivity contribution in [2.45, 2.75) is 12.8 Å². The third kappa shape index (κ3) is 5.01. The van der Waals surface area contributed by atoms with Crippen LogP contribution in [0.1, 0.15) is 12.0 Å². The molecule has 0 aliphatic heterocycles. The van der Waals surface area contributed by atoms with Crippen LogP contribution in [0.4, 0.5) is 4.39 Å². The molecule has 0 radical (unpaired) electrons. The molecule has 0 atom stereocenters. The summed E-state index contributed by atoms with van der Waals surface area (Å²) in [5.74, 6) is -0.232. The van der Waals surface area contributed by atoms with Crippen molar-refractivity contribution in [3.8, 4) is 5.75 Å². The Hall–Kier alpha value is -1.14. The molecule has 0 saturated carbocycles. The minimum absolute atomic E-state index is 0.0354. The van der Waals surface area contributed by atoms with E-state index < -0.39 is 15.7 Å². The SMILES string of the molecule is CS(=O)(=O)CCCOc1c(F)cccc1CCN. The normalized spacial score (nSPS) is 11.5. The van der Waals surface area contributed by atoms with Crippen molar-refractivity contribution in [2.75, 3.05) is 25.2 Å². The second kappa shape index (κ2) is 6.70. The standard InChI is InChI=1S/C12H18FNO3S/c1-18(15,16)9-3-8-17-12-10(6-7-14)4-2-5-11(12)13/h2,4-5H,3,6-9,14H2,1H3. The van der Waals surface area contributed by atoms with E-state index in [-0.39, 0.29) is 18.1 Å². The highest BCUT2D eigenvalue weighted by molar-refractivity contribution is 7.90.